The van der Waals surface area contributed by atoms with Gasteiger partial charge in [-0.1, -0.05) is 30.3 Å². The van der Waals surface area contributed by atoms with Gasteiger partial charge in [0.2, 0.25) is 0 Å². The highest BCUT2D eigenvalue weighted by Gasteiger charge is 2.24. The van der Waals surface area contributed by atoms with Gasteiger partial charge < -0.3 is 4.74 Å². The first-order valence-electron chi connectivity index (χ1n) is 6.93. The molecule has 0 aliphatic carbocycles. The summed E-state index contributed by atoms with van der Waals surface area (Å²) in [6.45, 7) is 8.33. The summed E-state index contributed by atoms with van der Waals surface area (Å²) in [4.78, 5) is 11.6. The molecule has 1 unspecified atom stereocenters. The Morgan fingerprint density at radius 2 is 1.95 bits per heavy atom. The minimum atomic E-state index is -0.272. The minimum absolute atomic E-state index is 0.0952. The highest BCUT2D eigenvalue weighted by Crippen LogP contribution is 2.14. The van der Waals surface area contributed by atoms with E-state index in [0.717, 1.165) is 12.8 Å². The van der Waals surface area contributed by atoms with Gasteiger partial charge in [-0.15, -0.1) is 0 Å². The van der Waals surface area contributed by atoms with Crippen molar-refractivity contribution in [3.05, 3.63) is 35.9 Å². The number of aryl methyl sites for hydroxylation is 1. The summed E-state index contributed by atoms with van der Waals surface area (Å²) in [6, 6.07) is 10.1. The fraction of sp³-hybridized carbons (Fsp3) is 0.562. The second-order valence-corrected chi connectivity index (χ2v) is 5.49. The molecule has 1 aromatic carbocycles. The van der Waals surface area contributed by atoms with Gasteiger partial charge in [-0.05, 0) is 46.1 Å². The molecule has 0 spiro atoms. The fourth-order valence-electron chi connectivity index (χ4n) is 2.09. The lowest BCUT2D eigenvalue weighted by Gasteiger charge is -2.29. The van der Waals surface area contributed by atoms with Gasteiger partial charge in [0.25, 0.3) is 0 Å². The van der Waals surface area contributed by atoms with Crippen molar-refractivity contribution < 1.29 is 9.53 Å². The molecular weight excluding hydrogens is 238 g/mol. The number of rotatable bonds is 7. The van der Waals surface area contributed by atoms with E-state index in [0.29, 0.717) is 6.61 Å². The summed E-state index contributed by atoms with van der Waals surface area (Å²) < 4.78 is 5.01. The molecule has 1 N–H and O–H groups in total. The first kappa shape index (κ1) is 15.7. The molecule has 0 heterocycles. The summed E-state index contributed by atoms with van der Waals surface area (Å²) in [5.74, 6) is -0.185. The third kappa shape index (κ3) is 5.88. The lowest BCUT2D eigenvalue weighted by molar-refractivity contribution is -0.145. The number of hydrogen-bond acceptors (Lipinski definition) is 3. The van der Waals surface area contributed by atoms with Crippen LogP contribution in [0.15, 0.2) is 30.3 Å². The van der Waals surface area contributed by atoms with Gasteiger partial charge in [-0.3, -0.25) is 10.1 Å². The van der Waals surface area contributed by atoms with E-state index in [-0.39, 0.29) is 17.6 Å². The van der Waals surface area contributed by atoms with Crippen LogP contribution in [0.1, 0.15) is 39.7 Å². The Morgan fingerprint density at radius 3 is 2.53 bits per heavy atom. The number of nitrogens with one attached hydrogen (secondary N) is 1. The number of carbonyl (C=O) groups excluding carboxylic acids is 1. The summed E-state index contributed by atoms with van der Waals surface area (Å²) in [7, 11) is 0. The highest BCUT2D eigenvalue weighted by atomic mass is 16.5. The van der Waals surface area contributed by atoms with Gasteiger partial charge in [-0.2, -0.15) is 0 Å². The van der Waals surface area contributed by atoms with E-state index in [4.69, 9.17) is 4.74 Å². The number of esters is 1. The molecule has 0 fully saturated rings. The van der Waals surface area contributed by atoms with Crippen molar-refractivity contribution in [1.29, 1.82) is 0 Å². The Balaban J connectivity index is 2.45. The quantitative estimate of drug-likeness (QED) is 0.769. The van der Waals surface area contributed by atoms with E-state index in [9.17, 15) is 4.79 Å². The number of hydrogen-bond donors (Lipinski definition) is 1. The lowest BCUT2D eigenvalue weighted by atomic mass is 9.94. The second kappa shape index (κ2) is 7.29. The molecule has 0 aliphatic heterocycles. The fourth-order valence-corrected chi connectivity index (χ4v) is 2.09. The molecule has 0 saturated heterocycles. The average molecular weight is 263 g/mol. The standard InChI is InChI=1S/C16H25NO2/c1-5-19-15(18)13(2)17-16(3,4)12-11-14-9-7-6-8-10-14/h6-10,13,17H,5,11-12H2,1-4H3. The molecular formula is C16H25NO2. The van der Waals surface area contributed by atoms with Crippen molar-refractivity contribution in [2.45, 2.75) is 52.1 Å². The van der Waals surface area contributed by atoms with Crippen molar-refractivity contribution in [3.63, 3.8) is 0 Å². The minimum Gasteiger partial charge on any atom is -0.465 e. The smallest absolute Gasteiger partial charge is 0.322 e. The maximum absolute atomic E-state index is 11.6. The van der Waals surface area contributed by atoms with E-state index in [2.05, 4.69) is 43.4 Å². The van der Waals surface area contributed by atoms with Crippen LogP contribution in [0.4, 0.5) is 0 Å². The average Bonchev–Trinajstić information content (AvgIpc) is 2.37. The Hall–Kier alpha value is -1.35. The molecule has 0 aliphatic rings. The van der Waals surface area contributed by atoms with Crippen molar-refractivity contribution in [1.82, 2.24) is 5.32 Å². The Bertz CT molecular complexity index is 387. The van der Waals surface area contributed by atoms with Crippen molar-refractivity contribution >= 4 is 5.97 Å². The number of ether oxygens (including phenoxy) is 1. The normalized spacial score (nSPS) is 13.1. The Morgan fingerprint density at radius 1 is 1.32 bits per heavy atom. The van der Waals surface area contributed by atoms with Gasteiger partial charge >= 0.3 is 5.97 Å². The predicted octanol–water partition coefficient (Wildman–Crippen LogP) is 2.94. The summed E-state index contributed by atoms with van der Waals surface area (Å²) in [5.41, 5.74) is 1.23. The van der Waals surface area contributed by atoms with Crippen LogP contribution >= 0.6 is 0 Å². The molecule has 106 valence electrons. The second-order valence-electron chi connectivity index (χ2n) is 5.49. The van der Waals surface area contributed by atoms with Crippen LogP contribution in [-0.2, 0) is 16.0 Å². The van der Waals surface area contributed by atoms with Crippen molar-refractivity contribution in [2.24, 2.45) is 0 Å². The zero-order chi connectivity index (χ0) is 14.3. The first-order chi connectivity index (χ1) is 8.94. The lowest BCUT2D eigenvalue weighted by Crippen LogP contribution is -2.48. The van der Waals surface area contributed by atoms with Gasteiger partial charge in [0, 0.05) is 5.54 Å². The van der Waals surface area contributed by atoms with Gasteiger partial charge in [0.1, 0.15) is 6.04 Å². The van der Waals surface area contributed by atoms with E-state index in [1.54, 1.807) is 0 Å². The summed E-state index contributed by atoms with van der Waals surface area (Å²) >= 11 is 0. The predicted molar refractivity (Wildman–Crippen MR) is 78.1 cm³/mol. The molecule has 1 aromatic rings. The van der Waals surface area contributed by atoms with Gasteiger partial charge in [0.05, 0.1) is 6.61 Å². The van der Waals surface area contributed by atoms with E-state index < -0.39 is 0 Å². The van der Waals surface area contributed by atoms with Crippen LogP contribution in [0, 0.1) is 0 Å². The number of benzene rings is 1. The molecule has 3 nitrogen and oxygen atoms in total. The van der Waals surface area contributed by atoms with Crippen molar-refractivity contribution in [2.75, 3.05) is 6.61 Å². The van der Waals surface area contributed by atoms with E-state index >= 15 is 0 Å². The van der Waals surface area contributed by atoms with Crippen LogP contribution in [0.3, 0.4) is 0 Å². The molecule has 0 saturated carbocycles. The molecule has 1 rings (SSSR count). The SMILES string of the molecule is CCOC(=O)C(C)NC(C)(C)CCc1ccccc1. The summed E-state index contributed by atoms with van der Waals surface area (Å²) in [6.07, 6.45) is 1.97. The van der Waals surface area contributed by atoms with Crippen LogP contribution in [-0.4, -0.2) is 24.2 Å². The van der Waals surface area contributed by atoms with Crippen LogP contribution in [0.5, 0.6) is 0 Å². The largest absolute Gasteiger partial charge is 0.465 e. The van der Waals surface area contributed by atoms with Gasteiger partial charge in [-0.25, -0.2) is 0 Å². The molecule has 0 aromatic heterocycles. The molecule has 19 heavy (non-hydrogen) atoms. The monoisotopic (exact) mass is 263 g/mol. The van der Waals surface area contributed by atoms with E-state index in [1.165, 1.54) is 5.56 Å². The Labute approximate surface area is 116 Å². The highest BCUT2D eigenvalue weighted by molar-refractivity contribution is 5.75. The maximum Gasteiger partial charge on any atom is 0.322 e. The summed E-state index contributed by atoms with van der Waals surface area (Å²) in [5, 5.41) is 3.34. The zero-order valence-electron chi connectivity index (χ0n) is 12.4. The van der Waals surface area contributed by atoms with E-state index in [1.807, 2.05) is 19.9 Å². The third-order valence-electron chi connectivity index (χ3n) is 3.13. The molecule has 3 heteroatoms. The van der Waals surface area contributed by atoms with Crippen molar-refractivity contribution in [3.8, 4) is 0 Å². The van der Waals surface area contributed by atoms with Crippen LogP contribution < -0.4 is 5.32 Å². The first-order valence-corrected chi connectivity index (χ1v) is 6.93. The molecule has 0 bridgehead atoms. The molecule has 0 radical (unpaired) electrons. The van der Waals surface area contributed by atoms with Crippen LogP contribution in [0.2, 0.25) is 0 Å². The zero-order valence-corrected chi connectivity index (χ0v) is 12.4. The van der Waals surface area contributed by atoms with Gasteiger partial charge in [0.15, 0.2) is 0 Å². The topological polar surface area (TPSA) is 38.3 Å². The maximum atomic E-state index is 11.6. The number of carbonyl (C=O) groups is 1. The van der Waals surface area contributed by atoms with Crippen LogP contribution in [0.25, 0.3) is 0 Å². The Kier molecular flexibility index (Phi) is 6.03. The third-order valence-corrected chi connectivity index (χ3v) is 3.13. The molecule has 1 atom stereocenters. The molecule has 0 amide bonds.